The molecule has 0 bridgehead atoms. The minimum Gasteiger partial charge on any atom is -0.379 e. The standard InChI is InChI=1S/C25H36F6N8O4Si/c1-17(36-19-14-34-39(16-42-9-10-44(2,3)4)22(41)21(19)25(29,30)31)11-35-43-15-20(40)37-5-7-38(8-6-37)23-32-12-18(13-33-23)24(26,27)28/h12-14,17,35-36H,5-11,15-16H2,1-4H3. The van der Waals surface area contributed by atoms with Gasteiger partial charge in [0, 0.05) is 65.8 Å². The summed E-state index contributed by atoms with van der Waals surface area (Å²) in [6, 6.07) is 0.118. The molecular weight excluding hydrogens is 618 g/mol. The van der Waals surface area contributed by atoms with Gasteiger partial charge in [-0.15, -0.1) is 0 Å². The summed E-state index contributed by atoms with van der Waals surface area (Å²) in [6.45, 7) is 8.54. The third-order valence-electron chi connectivity index (χ3n) is 6.51. The number of nitrogens with zero attached hydrogens (tertiary/aromatic N) is 6. The van der Waals surface area contributed by atoms with E-state index in [2.05, 4.69) is 45.5 Å². The maximum absolute atomic E-state index is 13.8. The van der Waals surface area contributed by atoms with E-state index in [0.29, 0.717) is 36.8 Å². The molecule has 1 fully saturated rings. The predicted molar refractivity (Wildman–Crippen MR) is 150 cm³/mol. The highest BCUT2D eigenvalue weighted by atomic mass is 28.3. The van der Waals surface area contributed by atoms with Crippen LogP contribution in [-0.2, 0) is 33.5 Å². The van der Waals surface area contributed by atoms with Crippen molar-refractivity contribution >= 4 is 25.6 Å². The Balaban J connectivity index is 1.44. The van der Waals surface area contributed by atoms with Crippen LogP contribution < -0.4 is 21.3 Å². The Morgan fingerprint density at radius 3 is 2.23 bits per heavy atom. The second kappa shape index (κ2) is 14.7. The molecule has 0 radical (unpaired) electrons. The first-order valence-corrected chi connectivity index (χ1v) is 17.4. The third kappa shape index (κ3) is 10.4. The zero-order chi connectivity index (χ0) is 32.7. The molecule has 2 aromatic heterocycles. The van der Waals surface area contributed by atoms with Crippen LogP contribution in [0.3, 0.4) is 0 Å². The molecule has 1 unspecified atom stereocenters. The number of carbonyl (C=O) groups excluding carboxylic acids is 1. The van der Waals surface area contributed by atoms with Gasteiger partial charge in [-0.1, -0.05) is 19.6 Å². The number of aromatic nitrogens is 4. The van der Waals surface area contributed by atoms with Crippen molar-refractivity contribution in [2.24, 2.45) is 0 Å². The summed E-state index contributed by atoms with van der Waals surface area (Å²) in [6.07, 6.45) is -7.16. The van der Waals surface area contributed by atoms with Crippen molar-refractivity contribution in [3.8, 4) is 0 Å². The van der Waals surface area contributed by atoms with Crippen LogP contribution in [0, 0.1) is 0 Å². The molecule has 1 aliphatic rings. The molecule has 44 heavy (non-hydrogen) atoms. The van der Waals surface area contributed by atoms with Gasteiger partial charge in [-0.3, -0.25) is 14.4 Å². The number of amides is 1. The highest BCUT2D eigenvalue weighted by Gasteiger charge is 2.38. The van der Waals surface area contributed by atoms with Crippen molar-refractivity contribution < 1.29 is 40.7 Å². The Hall–Kier alpha value is -3.29. The van der Waals surface area contributed by atoms with Gasteiger partial charge in [0.2, 0.25) is 5.95 Å². The molecule has 12 nitrogen and oxygen atoms in total. The molecule has 3 rings (SSSR count). The number of nitrogens with one attached hydrogen (secondary N) is 2. The van der Waals surface area contributed by atoms with Gasteiger partial charge in [-0.25, -0.2) is 14.6 Å². The minimum absolute atomic E-state index is 0.0213. The molecule has 1 atom stereocenters. The maximum atomic E-state index is 13.8. The number of hydrogen-bond acceptors (Lipinski definition) is 10. The van der Waals surface area contributed by atoms with Crippen LogP contribution >= 0.6 is 0 Å². The Labute approximate surface area is 250 Å². The molecule has 1 amide bonds. The Bertz CT molecular complexity index is 1300. The van der Waals surface area contributed by atoms with E-state index in [-0.39, 0.29) is 38.1 Å². The van der Waals surface area contributed by atoms with Crippen LogP contribution in [0.1, 0.15) is 18.1 Å². The van der Waals surface area contributed by atoms with Gasteiger partial charge in [-0.05, 0) is 13.0 Å². The highest BCUT2D eigenvalue weighted by Crippen LogP contribution is 2.32. The number of ether oxygens (including phenoxy) is 1. The number of hydrogen-bond donors (Lipinski definition) is 2. The Morgan fingerprint density at radius 1 is 1.02 bits per heavy atom. The van der Waals surface area contributed by atoms with Crippen LogP contribution in [0.25, 0.3) is 0 Å². The first kappa shape index (κ1) is 35.2. The molecule has 246 valence electrons. The molecular formula is C25H36F6N8O4Si. The lowest BCUT2D eigenvalue weighted by Gasteiger charge is -2.34. The van der Waals surface area contributed by atoms with E-state index in [9.17, 15) is 35.9 Å². The lowest BCUT2D eigenvalue weighted by atomic mass is 10.2. The topological polar surface area (TPSA) is 127 Å². The Morgan fingerprint density at radius 2 is 1.66 bits per heavy atom. The largest absolute Gasteiger partial charge is 0.423 e. The third-order valence-corrected chi connectivity index (χ3v) is 8.21. The Kier molecular flexibility index (Phi) is 11.7. The van der Waals surface area contributed by atoms with Crippen molar-refractivity contribution in [1.82, 2.24) is 30.1 Å². The number of hydroxylamine groups is 1. The van der Waals surface area contributed by atoms with E-state index < -0.39 is 55.6 Å². The summed E-state index contributed by atoms with van der Waals surface area (Å²) in [7, 11) is -1.42. The van der Waals surface area contributed by atoms with Crippen LogP contribution in [0.2, 0.25) is 25.7 Å². The zero-order valence-electron chi connectivity index (χ0n) is 24.8. The van der Waals surface area contributed by atoms with Gasteiger partial charge in [0.05, 0.1) is 17.4 Å². The molecule has 0 spiro atoms. The lowest BCUT2D eigenvalue weighted by Crippen LogP contribution is -2.50. The second-order valence-corrected chi connectivity index (χ2v) is 17.0. The molecule has 3 heterocycles. The first-order chi connectivity index (χ1) is 20.5. The number of carbonyl (C=O) groups is 1. The highest BCUT2D eigenvalue weighted by molar-refractivity contribution is 6.76. The van der Waals surface area contributed by atoms with E-state index >= 15 is 0 Å². The summed E-state index contributed by atoms with van der Waals surface area (Å²) in [4.78, 5) is 40.9. The number of rotatable bonds is 13. The van der Waals surface area contributed by atoms with Crippen molar-refractivity contribution in [1.29, 1.82) is 0 Å². The molecule has 2 N–H and O–H groups in total. The number of anilines is 2. The lowest BCUT2D eigenvalue weighted by molar-refractivity contribution is -0.140. The predicted octanol–water partition coefficient (Wildman–Crippen LogP) is 3.05. The fraction of sp³-hybridized carbons (Fsp3) is 0.640. The van der Waals surface area contributed by atoms with Crippen molar-refractivity contribution in [3.63, 3.8) is 0 Å². The smallest absolute Gasteiger partial charge is 0.379 e. The number of alkyl halides is 6. The molecule has 0 aromatic carbocycles. The summed E-state index contributed by atoms with van der Waals surface area (Å²) in [5.41, 5.74) is -1.66. The second-order valence-electron chi connectivity index (χ2n) is 11.4. The average molecular weight is 655 g/mol. The monoisotopic (exact) mass is 654 g/mol. The van der Waals surface area contributed by atoms with Gasteiger partial charge in [-0.2, -0.15) is 36.9 Å². The molecule has 0 saturated carbocycles. The summed E-state index contributed by atoms with van der Waals surface area (Å²) in [5.74, 6) is -0.248. The van der Waals surface area contributed by atoms with E-state index in [0.717, 1.165) is 12.2 Å². The maximum Gasteiger partial charge on any atom is 0.423 e. The van der Waals surface area contributed by atoms with E-state index in [4.69, 9.17) is 9.57 Å². The molecule has 2 aromatic rings. The summed E-state index contributed by atoms with van der Waals surface area (Å²) < 4.78 is 85.5. The van der Waals surface area contributed by atoms with E-state index in [1.807, 2.05) is 0 Å². The van der Waals surface area contributed by atoms with Gasteiger partial charge < -0.3 is 19.9 Å². The minimum atomic E-state index is -4.94. The quantitative estimate of drug-likeness (QED) is 0.144. The van der Waals surface area contributed by atoms with E-state index in [1.165, 1.54) is 4.90 Å². The molecule has 1 saturated heterocycles. The number of halogens is 6. The normalized spacial score (nSPS) is 15.4. The van der Waals surface area contributed by atoms with Crippen LogP contribution in [0.5, 0.6) is 0 Å². The molecule has 19 heteroatoms. The van der Waals surface area contributed by atoms with Gasteiger partial charge in [0.15, 0.2) is 0 Å². The summed E-state index contributed by atoms with van der Waals surface area (Å²) >= 11 is 0. The van der Waals surface area contributed by atoms with Crippen LogP contribution in [0.4, 0.5) is 38.0 Å². The molecule has 0 aliphatic carbocycles. The van der Waals surface area contributed by atoms with Crippen LogP contribution in [0.15, 0.2) is 23.4 Å². The fourth-order valence-electron chi connectivity index (χ4n) is 3.98. The van der Waals surface area contributed by atoms with Gasteiger partial charge >= 0.3 is 12.4 Å². The van der Waals surface area contributed by atoms with Crippen molar-refractivity contribution in [3.05, 3.63) is 40.1 Å². The SMILES string of the molecule is CC(CNOCC(=O)N1CCN(c2ncc(C(F)(F)F)cn2)CC1)Nc1cnn(COCC[Si](C)(C)C)c(=O)c1C(F)(F)F. The van der Waals surface area contributed by atoms with Crippen molar-refractivity contribution in [2.45, 2.75) is 57.7 Å². The van der Waals surface area contributed by atoms with Gasteiger partial charge in [0.25, 0.3) is 11.5 Å². The van der Waals surface area contributed by atoms with Crippen molar-refractivity contribution in [2.75, 3.05) is 56.2 Å². The zero-order valence-corrected chi connectivity index (χ0v) is 25.8. The molecule has 1 aliphatic heterocycles. The summed E-state index contributed by atoms with van der Waals surface area (Å²) in [5, 5.41) is 6.43. The van der Waals surface area contributed by atoms with Gasteiger partial charge in [0.1, 0.15) is 18.9 Å². The first-order valence-electron chi connectivity index (χ1n) is 13.7. The van der Waals surface area contributed by atoms with Crippen LogP contribution in [-0.4, -0.2) is 90.6 Å². The fourth-order valence-corrected chi connectivity index (χ4v) is 4.74. The van der Waals surface area contributed by atoms with E-state index in [1.54, 1.807) is 11.8 Å². The number of piperazine rings is 1. The average Bonchev–Trinajstić information content (AvgIpc) is 2.93.